The van der Waals surface area contributed by atoms with E-state index in [0.717, 1.165) is 11.3 Å². The Morgan fingerprint density at radius 3 is 2.92 bits per heavy atom. The first kappa shape index (κ1) is 8.78. The van der Waals surface area contributed by atoms with Crippen molar-refractivity contribution in [2.75, 3.05) is 11.9 Å². The molecule has 0 amide bonds. The van der Waals surface area contributed by atoms with Gasteiger partial charge in [-0.25, -0.2) is 4.39 Å². The Hall–Kier alpha value is -1.31. The summed E-state index contributed by atoms with van der Waals surface area (Å²) in [5.74, 6) is -0.198. The maximum absolute atomic E-state index is 12.6. The molecule has 0 spiro atoms. The van der Waals surface area contributed by atoms with Crippen molar-refractivity contribution in [1.29, 1.82) is 0 Å². The Morgan fingerprint density at radius 1 is 1.58 bits per heavy atom. The minimum absolute atomic E-state index is 0.198. The third-order valence-electron chi connectivity index (χ3n) is 1.63. The van der Waals surface area contributed by atoms with Crippen molar-refractivity contribution < 1.29 is 4.39 Å². The van der Waals surface area contributed by atoms with Gasteiger partial charge in [0.15, 0.2) is 0 Å². The van der Waals surface area contributed by atoms with Gasteiger partial charge >= 0.3 is 0 Å². The van der Waals surface area contributed by atoms with E-state index in [4.69, 9.17) is 0 Å². The first-order valence-corrected chi connectivity index (χ1v) is 3.85. The van der Waals surface area contributed by atoms with E-state index >= 15 is 0 Å². The average Bonchev–Trinajstić information content (AvgIpc) is 2.03. The third kappa shape index (κ3) is 2.09. The summed E-state index contributed by atoms with van der Waals surface area (Å²) in [5.41, 5.74) is 1.87. The van der Waals surface area contributed by atoms with Crippen molar-refractivity contribution in [3.05, 3.63) is 42.2 Å². The Bertz CT molecular complexity index is 281. The van der Waals surface area contributed by atoms with E-state index in [0.29, 0.717) is 6.54 Å². The van der Waals surface area contributed by atoms with E-state index in [1.807, 2.05) is 6.92 Å². The molecule has 0 aliphatic rings. The molecule has 1 rings (SSSR count). The second-order valence-corrected chi connectivity index (χ2v) is 2.63. The lowest BCUT2D eigenvalue weighted by Crippen LogP contribution is -1.99. The molecule has 0 saturated carbocycles. The number of anilines is 1. The zero-order chi connectivity index (χ0) is 8.97. The Labute approximate surface area is 71.9 Å². The van der Waals surface area contributed by atoms with E-state index in [-0.39, 0.29) is 5.82 Å². The van der Waals surface area contributed by atoms with Crippen LogP contribution in [0.2, 0.25) is 0 Å². The van der Waals surface area contributed by atoms with Crippen LogP contribution in [0.1, 0.15) is 5.56 Å². The molecule has 0 saturated heterocycles. The van der Waals surface area contributed by atoms with Crippen LogP contribution in [0, 0.1) is 12.7 Å². The molecule has 0 unspecified atom stereocenters. The van der Waals surface area contributed by atoms with Crippen molar-refractivity contribution in [1.82, 2.24) is 0 Å². The SMILES string of the molecule is C=CCNc1ccc(F)cc1C. The van der Waals surface area contributed by atoms with Crippen molar-refractivity contribution >= 4 is 5.69 Å². The summed E-state index contributed by atoms with van der Waals surface area (Å²) in [7, 11) is 0. The number of hydrogen-bond donors (Lipinski definition) is 1. The molecule has 1 N–H and O–H groups in total. The van der Waals surface area contributed by atoms with Crippen LogP contribution in [0.25, 0.3) is 0 Å². The van der Waals surface area contributed by atoms with Gasteiger partial charge in [-0.3, -0.25) is 0 Å². The second-order valence-electron chi connectivity index (χ2n) is 2.63. The summed E-state index contributed by atoms with van der Waals surface area (Å²) in [6.45, 7) is 6.16. The van der Waals surface area contributed by atoms with Crippen LogP contribution in [0.15, 0.2) is 30.9 Å². The molecule has 0 bridgehead atoms. The van der Waals surface area contributed by atoms with Gasteiger partial charge in [-0.1, -0.05) is 6.08 Å². The van der Waals surface area contributed by atoms with E-state index < -0.39 is 0 Å². The minimum atomic E-state index is -0.198. The van der Waals surface area contributed by atoms with Crippen LogP contribution in [-0.2, 0) is 0 Å². The van der Waals surface area contributed by atoms with Crippen LogP contribution >= 0.6 is 0 Å². The molecular weight excluding hydrogens is 153 g/mol. The summed E-state index contributed by atoms with van der Waals surface area (Å²) in [6.07, 6.45) is 1.77. The first-order chi connectivity index (χ1) is 5.74. The smallest absolute Gasteiger partial charge is 0.123 e. The van der Waals surface area contributed by atoms with Gasteiger partial charge in [-0.05, 0) is 30.7 Å². The molecule has 0 aliphatic heterocycles. The molecule has 1 aromatic carbocycles. The fourth-order valence-electron chi connectivity index (χ4n) is 1.01. The molecule has 0 aliphatic carbocycles. The van der Waals surface area contributed by atoms with Crippen LogP contribution in [-0.4, -0.2) is 6.54 Å². The van der Waals surface area contributed by atoms with Gasteiger partial charge < -0.3 is 5.32 Å². The highest BCUT2D eigenvalue weighted by Gasteiger charge is 1.96. The van der Waals surface area contributed by atoms with Gasteiger partial charge in [-0.2, -0.15) is 0 Å². The molecule has 0 atom stereocenters. The Morgan fingerprint density at radius 2 is 2.33 bits per heavy atom. The number of aryl methyl sites for hydroxylation is 1. The van der Waals surface area contributed by atoms with Crippen molar-refractivity contribution in [3.8, 4) is 0 Å². The minimum Gasteiger partial charge on any atom is -0.381 e. The van der Waals surface area contributed by atoms with E-state index in [2.05, 4.69) is 11.9 Å². The summed E-state index contributed by atoms with van der Waals surface area (Å²) in [5, 5.41) is 3.11. The van der Waals surface area contributed by atoms with Crippen LogP contribution in [0.3, 0.4) is 0 Å². The lowest BCUT2D eigenvalue weighted by molar-refractivity contribution is 0.627. The highest BCUT2D eigenvalue weighted by molar-refractivity contribution is 5.50. The third-order valence-corrected chi connectivity index (χ3v) is 1.63. The molecule has 0 radical (unpaired) electrons. The summed E-state index contributed by atoms with van der Waals surface area (Å²) in [6, 6.07) is 4.68. The number of benzene rings is 1. The molecule has 1 nitrogen and oxygen atoms in total. The van der Waals surface area contributed by atoms with Crippen molar-refractivity contribution in [2.24, 2.45) is 0 Å². The molecule has 0 heterocycles. The number of halogens is 1. The number of hydrogen-bond acceptors (Lipinski definition) is 1. The van der Waals surface area contributed by atoms with Gasteiger partial charge in [0.05, 0.1) is 0 Å². The average molecular weight is 165 g/mol. The van der Waals surface area contributed by atoms with Gasteiger partial charge in [0, 0.05) is 12.2 Å². The molecule has 12 heavy (non-hydrogen) atoms. The van der Waals surface area contributed by atoms with E-state index in [1.54, 1.807) is 12.1 Å². The lowest BCUT2D eigenvalue weighted by Gasteiger charge is -2.06. The highest BCUT2D eigenvalue weighted by atomic mass is 19.1. The molecule has 1 aromatic rings. The first-order valence-electron chi connectivity index (χ1n) is 3.85. The largest absolute Gasteiger partial charge is 0.381 e. The second kappa shape index (κ2) is 3.90. The quantitative estimate of drug-likeness (QED) is 0.679. The molecule has 64 valence electrons. The fourth-order valence-corrected chi connectivity index (χ4v) is 1.01. The fraction of sp³-hybridized carbons (Fsp3) is 0.200. The molecular formula is C10H12FN. The highest BCUT2D eigenvalue weighted by Crippen LogP contribution is 2.14. The molecule has 2 heteroatoms. The van der Waals surface area contributed by atoms with Crippen LogP contribution < -0.4 is 5.32 Å². The van der Waals surface area contributed by atoms with Gasteiger partial charge in [-0.15, -0.1) is 6.58 Å². The van der Waals surface area contributed by atoms with Gasteiger partial charge in [0.1, 0.15) is 5.82 Å². The predicted molar refractivity (Wildman–Crippen MR) is 49.8 cm³/mol. The zero-order valence-electron chi connectivity index (χ0n) is 7.10. The predicted octanol–water partition coefficient (Wildman–Crippen LogP) is 2.73. The topological polar surface area (TPSA) is 12.0 Å². The lowest BCUT2D eigenvalue weighted by atomic mass is 10.2. The standard InChI is InChI=1S/C10H12FN/c1-3-6-12-10-5-4-9(11)7-8(10)2/h3-5,7,12H,1,6H2,2H3. The van der Waals surface area contributed by atoms with Crippen LogP contribution in [0.5, 0.6) is 0 Å². The Kier molecular flexibility index (Phi) is 2.86. The van der Waals surface area contributed by atoms with Crippen LogP contribution in [0.4, 0.5) is 10.1 Å². The van der Waals surface area contributed by atoms with Crippen molar-refractivity contribution in [3.63, 3.8) is 0 Å². The van der Waals surface area contributed by atoms with Crippen molar-refractivity contribution in [2.45, 2.75) is 6.92 Å². The molecule has 0 fully saturated rings. The van der Waals surface area contributed by atoms with Gasteiger partial charge in [0.25, 0.3) is 0 Å². The summed E-state index contributed by atoms with van der Waals surface area (Å²) >= 11 is 0. The maximum Gasteiger partial charge on any atom is 0.123 e. The number of nitrogens with one attached hydrogen (secondary N) is 1. The molecule has 0 aromatic heterocycles. The Balaban J connectivity index is 2.78. The zero-order valence-corrected chi connectivity index (χ0v) is 7.10. The normalized spacial score (nSPS) is 9.50. The maximum atomic E-state index is 12.6. The van der Waals surface area contributed by atoms with Gasteiger partial charge in [0.2, 0.25) is 0 Å². The monoisotopic (exact) mass is 165 g/mol. The van der Waals surface area contributed by atoms with E-state index in [1.165, 1.54) is 12.1 Å². The number of rotatable bonds is 3. The van der Waals surface area contributed by atoms with E-state index in [9.17, 15) is 4.39 Å². The summed E-state index contributed by atoms with van der Waals surface area (Å²) < 4.78 is 12.6. The summed E-state index contributed by atoms with van der Waals surface area (Å²) in [4.78, 5) is 0.